The van der Waals surface area contributed by atoms with Gasteiger partial charge in [-0.15, -0.1) is 0 Å². The summed E-state index contributed by atoms with van der Waals surface area (Å²) in [5, 5.41) is 16.6. The van der Waals surface area contributed by atoms with Crippen molar-refractivity contribution in [3.05, 3.63) is 21.6 Å². The largest absolute Gasteiger partial charge is 0.395 e. The molecule has 2 N–H and O–H groups in total. The van der Waals surface area contributed by atoms with Gasteiger partial charge in [0.1, 0.15) is 5.02 Å². The Labute approximate surface area is 122 Å². The topological polar surface area (TPSA) is 67.2 Å². The summed E-state index contributed by atoms with van der Waals surface area (Å²) in [4.78, 5) is 11.9. The summed E-state index contributed by atoms with van der Waals surface area (Å²) < 4.78 is 1.36. The SMILES string of the molecule is CCCn1ncc(NC(C)C(CO)SC)c(Cl)c1=O. The van der Waals surface area contributed by atoms with Crippen LogP contribution < -0.4 is 10.9 Å². The van der Waals surface area contributed by atoms with Crippen LogP contribution in [0.15, 0.2) is 11.0 Å². The molecule has 108 valence electrons. The second-order valence-electron chi connectivity index (χ2n) is 4.29. The number of nitrogens with one attached hydrogen (secondary N) is 1. The van der Waals surface area contributed by atoms with Gasteiger partial charge in [0.25, 0.3) is 5.56 Å². The highest BCUT2D eigenvalue weighted by Crippen LogP contribution is 2.20. The Balaban J connectivity index is 2.91. The lowest BCUT2D eigenvalue weighted by molar-refractivity contribution is 0.288. The fourth-order valence-corrected chi connectivity index (χ4v) is 2.54. The zero-order valence-corrected chi connectivity index (χ0v) is 13.0. The van der Waals surface area contributed by atoms with Gasteiger partial charge in [0.15, 0.2) is 0 Å². The number of aryl methyl sites for hydroxylation is 1. The van der Waals surface area contributed by atoms with E-state index >= 15 is 0 Å². The Hall–Kier alpha value is -0.720. The van der Waals surface area contributed by atoms with Crippen LogP contribution in [0.1, 0.15) is 20.3 Å². The number of hydrogen-bond acceptors (Lipinski definition) is 5. The Morgan fingerprint density at radius 2 is 2.32 bits per heavy atom. The predicted octanol–water partition coefficient (Wildman–Crippen LogP) is 1.83. The smallest absolute Gasteiger partial charge is 0.287 e. The van der Waals surface area contributed by atoms with Crippen LogP contribution in [-0.2, 0) is 6.54 Å². The minimum atomic E-state index is -0.287. The first kappa shape index (κ1) is 16.3. The number of halogens is 1. The molecule has 2 unspecified atom stereocenters. The maximum atomic E-state index is 11.9. The molecule has 0 bridgehead atoms. The molecule has 1 aromatic rings. The van der Waals surface area contributed by atoms with Crippen molar-refractivity contribution in [2.24, 2.45) is 0 Å². The van der Waals surface area contributed by atoms with Crippen molar-refractivity contribution in [2.75, 3.05) is 18.2 Å². The molecule has 0 radical (unpaired) electrons. The van der Waals surface area contributed by atoms with E-state index in [2.05, 4.69) is 10.4 Å². The summed E-state index contributed by atoms with van der Waals surface area (Å²) in [6.07, 6.45) is 4.31. The Bertz CT molecular complexity index is 463. The number of thioether (sulfide) groups is 1. The van der Waals surface area contributed by atoms with E-state index in [1.54, 1.807) is 18.0 Å². The van der Waals surface area contributed by atoms with Gasteiger partial charge in [-0.1, -0.05) is 18.5 Å². The number of aliphatic hydroxyl groups is 1. The zero-order valence-electron chi connectivity index (χ0n) is 11.4. The van der Waals surface area contributed by atoms with E-state index in [4.69, 9.17) is 11.6 Å². The van der Waals surface area contributed by atoms with Gasteiger partial charge >= 0.3 is 0 Å². The molecule has 5 nitrogen and oxygen atoms in total. The molecule has 0 aromatic carbocycles. The van der Waals surface area contributed by atoms with Crippen LogP contribution in [0.3, 0.4) is 0 Å². The first-order valence-corrected chi connectivity index (χ1v) is 7.87. The molecule has 0 amide bonds. The van der Waals surface area contributed by atoms with Crippen molar-refractivity contribution in [3.63, 3.8) is 0 Å². The highest BCUT2D eigenvalue weighted by atomic mass is 35.5. The summed E-state index contributed by atoms with van der Waals surface area (Å²) in [6, 6.07) is -0.0132. The summed E-state index contributed by atoms with van der Waals surface area (Å²) in [5.74, 6) is 0. The summed E-state index contributed by atoms with van der Waals surface area (Å²) in [6.45, 7) is 4.53. The molecule has 0 saturated heterocycles. The molecule has 7 heteroatoms. The molecule has 0 spiro atoms. The predicted molar refractivity (Wildman–Crippen MR) is 81.3 cm³/mol. The van der Waals surface area contributed by atoms with E-state index in [0.29, 0.717) is 12.2 Å². The second-order valence-corrected chi connectivity index (χ2v) is 5.75. The van der Waals surface area contributed by atoms with Crippen molar-refractivity contribution in [3.8, 4) is 0 Å². The lowest BCUT2D eigenvalue weighted by atomic mass is 10.2. The van der Waals surface area contributed by atoms with Crippen molar-refractivity contribution in [2.45, 2.75) is 38.1 Å². The molecule has 0 saturated carbocycles. The Morgan fingerprint density at radius 1 is 1.63 bits per heavy atom. The van der Waals surface area contributed by atoms with Gasteiger partial charge in [0.2, 0.25) is 0 Å². The van der Waals surface area contributed by atoms with Crippen molar-refractivity contribution in [1.82, 2.24) is 9.78 Å². The number of aromatic nitrogens is 2. The molecule has 0 aliphatic carbocycles. The van der Waals surface area contributed by atoms with Gasteiger partial charge in [0, 0.05) is 17.8 Å². The molecule has 19 heavy (non-hydrogen) atoms. The molecule has 1 rings (SSSR count). The van der Waals surface area contributed by atoms with E-state index in [0.717, 1.165) is 6.42 Å². The number of aliphatic hydroxyl groups excluding tert-OH is 1. The van der Waals surface area contributed by atoms with Crippen LogP contribution in [-0.4, -0.2) is 39.0 Å². The normalized spacial score (nSPS) is 14.2. The van der Waals surface area contributed by atoms with Crippen LogP contribution in [0.25, 0.3) is 0 Å². The minimum absolute atomic E-state index is 0.0132. The summed E-state index contributed by atoms with van der Waals surface area (Å²) in [5.41, 5.74) is 0.226. The van der Waals surface area contributed by atoms with E-state index in [9.17, 15) is 9.90 Å². The second kappa shape index (κ2) is 7.77. The van der Waals surface area contributed by atoms with Crippen LogP contribution in [0, 0.1) is 0 Å². The molecular weight excluding hydrogens is 286 g/mol. The average Bonchev–Trinajstić information content (AvgIpc) is 2.40. The Morgan fingerprint density at radius 3 is 2.84 bits per heavy atom. The summed E-state index contributed by atoms with van der Waals surface area (Å²) in [7, 11) is 0. The number of nitrogens with zero attached hydrogens (tertiary/aromatic N) is 2. The third-order valence-electron chi connectivity index (χ3n) is 2.84. The molecule has 0 fully saturated rings. The molecule has 1 aromatic heterocycles. The Kier molecular flexibility index (Phi) is 6.68. The van der Waals surface area contributed by atoms with Crippen LogP contribution >= 0.6 is 23.4 Å². The van der Waals surface area contributed by atoms with Gasteiger partial charge in [-0.3, -0.25) is 4.79 Å². The van der Waals surface area contributed by atoms with Gasteiger partial charge in [-0.2, -0.15) is 16.9 Å². The van der Waals surface area contributed by atoms with Crippen molar-refractivity contribution >= 4 is 29.1 Å². The third-order valence-corrected chi connectivity index (χ3v) is 4.37. The monoisotopic (exact) mass is 305 g/mol. The van der Waals surface area contributed by atoms with E-state index in [-0.39, 0.29) is 28.5 Å². The van der Waals surface area contributed by atoms with E-state index < -0.39 is 0 Å². The first-order valence-electron chi connectivity index (χ1n) is 6.20. The van der Waals surface area contributed by atoms with Crippen molar-refractivity contribution < 1.29 is 5.11 Å². The van der Waals surface area contributed by atoms with Gasteiger partial charge in [0.05, 0.1) is 18.5 Å². The lowest BCUT2D eigenvalue weighted by Crippen LogP contribution is -2.32. The average molecular weight is 306 g/mol. The van der Waals surface area contributed by atoms with Crippen LogP contribution in [0.2, 0.25) is 5.02 Å². The van der Waals surface area contributed by atoms with E-state index in [1.165, 1.54) is 4.68 Å². The van der Waals surface area contributed by atoms with E-state index in [1.807, 2.05) is 20.1 Å². The molecule has 2 atom stereocenters. The molecular formula is C12H20ClN3O2S. The number of rotatable bonds is 7. The van der Waals surface area contributed by atoms with Crippen molar-refractivity contribution in [1.29, 1.82) is 0 Å². The number of anilines is 1. The molecule has 1 heterocycles. The standard InChI is InChI=1S/C12H20ClN3O2S/c1-4-5-16-12(18)11(13)9(6-14-16)15-8(2)10(7-17)19-3/h6,8,10,15,17H,4-5,7H2,1-3H3. The highest BCUT2D eigenvalue weighted by molar-refractivity contribution is 7.99. The quantitative estimate of drug-likeness (QED) is 0.804. The van der Waals surface area contributed by atoms with Gasteiger partial charge in [-0.05, 0) is 19.6 Å². The fourth-order valence-electron chi connectivity index (χ4n) is 1.71. The third kappa shape index (κ3) is 4.12. The number of hydrogen-bond donors (Lipinski definition) is 2. The van der Waals surface area contributed by atoms with Gasteiger partial charge in [-0.25, -0.2) is 4.68 Å². The fraction of sp³-hybridized carbons (Fsp3) is 0.667. The first-order chi connectivity index (χ1) is 9.04. The lowest BCUT2D eigenvalue weighted by Gasteiger charge is -2.22. The minimum Gasteiger partial charge on any atom is -0.395 e. The van der Waals surface area contributed by atoms with Crippen LogP contribution in [0.4, 0.5) is 5.69 Å². The zero-order chi connectivity index (χ0) is 14.4. The maximum Gasteiger partial charge on any atom is 0.287 e. The molecule has 0 aliphatic rings. The van der Waals surface area contributed by atoms with Crippen LogP contribution in [0.5, 0.6) is 0 Å². The van der Waals surface area contributed by atoms with Gasteiger partial charge < -0.3 is 10.4 Å². The maximum absolute atomic E-state index is 11.9. The summed E-state index contributed by atoms with van der Waals surface area (Å²) >= 11 is 7.62. The highest BCUT2D eigenvalue weighted by Gasteiger charge is 2.17. The molecule has 0 aliphatic heterocycles.